The molecule has 0 saturated heterocycles. The van der Waals surface area contributed by atoms with Gasteiger partial charge in [-0.1, -0.05) is 61.8 Å². The number of carboxylic acids is 1. The molecule has 0 aliphatic heterocycles. The smallest absolute Gasteiger partial charge is 0.326 e. The van der Waals surface area contributed by atoms with E-state index in [4.69, 9.17) is 5.73 Å². The number of aromatic amines is 1. The summed E-state index contributed by atoms with van der Waals surface area (Å²) in [6.45, 7) is 15.6. The summed E-state index contributed by atoms with van der Waals surface area (Å²) in [5.41, 5.74) is 6.36. The molecule has 1 heterocycles. The zero-order valence-corrected chi connectivity index (χ0v) is 34.8. The van der Waals surface area contributed by atoms with Gasteiger partial charge in [-0.3, -0.25) is 33.6 Å². The van der Waals surface area contributed by atoms with Crippen LogP contribution >= 0.6 is 0 Å². The normalized spacial score (nSPS) is 16.1. The Kier molecular flexibility index (Phi) is 20.3. The van der Waals surface area contributed by atoms with E-state index in [2.05, 4.69) is 41.9 Å². The number of imidazole rings is 1. The molecular formula is C37H64N10O10. The molecule has 0 aromatic carbocycles. The first-order chi connectivity index (χ1) is 26.4. The number of amides is 7. The van der Waals surface area contributed by atoms with E-state index in [1.165, 1.54) is 33.4 Å². The van der Waals surface area contributed by atoms with E-state index < -0.39 is 120 Å². The summed E-state index contributed by atoms with van der Waals surface area (Å²) in [6, 6.07) is -8.36. The first kappa shape index (κ1) is 49.9. The van der Waals surface area contributed by atoms with Crippen molar-refractivity contribution in [3.63, 3.8) is 0 Å². The molecule has 0 fully saturated rings. The third-order valence-corrected chi connectivity index (χ3v) is 9.47. The Hall–Kier alpha value is -5.11. The highest BCUT2D eigenvalue weighted by Crippen LogP contribution is 2.11. The van der Waals surface area contributed by atoms with E-state index in [1.54, 1.807) is 55.4 Å². The number of aromatic nitrogens is 2. The van der Waals surface area contributed by atoms with Crippen molar-refractivity contribution in [3.05, 3.63) is 18.2 Å². The van der Waals surface area contributed by atoms with Crippen molar-refractivity contribution in [3.8, 4) is 0 Å². The fourth-order valence-electron chi connectivity index (χ4n) is 5.50. The molecule has 0 spiro atoms. The van der Waals surface area contributed by atoms with Crippen LogP contribution in [0, 0.1) is 23.7 Å². The van der Waals surface area contributed by atoms with Crippen molar-refractivity contribution in [2.24, 2.45) is 29.4 Å². The molecule has 9 atom stereocenters. The fourth-order valence-corrected chi connectivity index (χ4v) is 5.50. The largest absolute Gasteiger partial charge is 0.480 e. The third-order valence-electron chi connectivity index (χ3n) is 9.47. The van der Waals surface area contributed by atoms with Crippen LogP contribution in [-0.2, 0) is 44.8 Å². The molecule has 57 heavy (non-hydrogen) atoms. The van der Waals surface area contributed by atoms with Gasteiger partial charge in [-0.25, -0.2) is 9.78 Å². The number of hydrogen-bond donors (Lipinski definition) is 10. The fraction of sp³-hybridized carbons (Fsp3) is 0.703. The summed E-state index contributed by atoms with van der Waals surface area (Å²) in [6.07, 6.45) is 1.91. The molecule has 1 aromatic heterocycles. The summed E-state index contributed by atoms with van der Waals surface area (Å²) < 4.78 is 0. The molecule has 322 valence electrons. The van der Waals surface area contributed by atoms with Gasteiger partial charge in [-0.05, 0) is 37.5 Å². The van der Waals surface area contributed by atoms with Gasteiger partial charge < -0.3 is 57.7 Å². The Labute approximate surface area is 334 Å². The van der Waals surface area contributed by atoms with Crippen LogP contribution in [0.1, 0.15) is 81.4 Å². The van der Waals surface area contributed by atoms with E-state index in [0.29, 0.717) is 12.1 Å². The first-order valence-electron chi connectivity index (χ1n) is 19.1. The molecule has 20 nitrogen and oxygen atoms in total. The van der Waals surface area contributed by atoms with Crippen LogP contribution in [0.3, 0.4) is 0 Å². The number of carboxylic acid groups (broad SMARTS) is 1. The van der Waals surface area contributed by atoms with Crippen LogP contribution in [0.4, 0.5) is 0 Å². The van der Waals surface area contributed by atoms with Crippen molar-refractivity contribution in [2.75, 3.05) is 13.6 Å². The number of aliphatic carboxylic acids is 1. The minimum atomic E-state index is -1.42. The Bertz CT molecular complexity index is 1530. The lowest BCUT2D eigenvalue weighted by Crippen LogP contribution is -2.61. The highest BCUT2D eigenvalue weighted by atomic mass is 16.4. The zero-order valence-electron chi connectivity index (χ0n) is 34.8. The van der Waals surface area contributed by atoms with Gasteiger partial charge in [0, 0.05) is 25.4 Å². The van der Waals surface area contributed by atoms with Gasteiger partial charge in [0.1, 0.15) is 36.3 Å². The number of nitrogens with one attached hydrogen (secondary N) is 7. The van der Waals surface area contributed by atoms with Gasteiger partial charge in [-0.15, -0.1) is 0 Å². The van der Waals surface area contributed by atoms with E-state index in [0.717, 1.165) is 4.90 Å². The average molecular weight is 809 g/mol. The summed E-state index contributed by atoms with van der Waals surface area (Å²) in [5.74, 6) is -8.01. The molecule has 7 amide bonds. The first-order valence-corrected chi connectivity index (χ1v) is 19.1. The summed E-state index contributed by atoms with van der Waals surface area (Å²) in [4.78, 5) is 112. The highest BCUT2D eigenvalue weighted by molar-refractivity contribution is 5.97. The third kappa shape index (κ3) is 15.7. The number of likely N-dealkylation sites (N-methyl/N-ethyl adjacent to an activating group) is 1. The lowest BCUT2D eigenvalue weighted by atomic mass is 9.98. The highest BCUT2D eigenvalue weighted by Gasteiger charge is 2.35. The minimum absolute atomic E-state index is 0.0594. The Morgan fingerprint density at radius 1 is 0.719 bits per heavy atom. The van der Waals surface area contributed by atoms with Gasteiger partial charge in [-0.2, -0.15) is 0 Å². The molecule has 1 rings (SSSR count). The van der Waals surface area contributed by atoms with E-state index in [9.17, 15) is 48.6 Å². The summed E-state index contributed by atoms with van der Waals surface area (Å²) in [5, 5.41) is 35.1. The van der Waals surface area contributed by atoms with Crippen molar-refractivity contribution in [1.82, 2.24) is 46.8 Å². The minimum Gasteiger partial charge on any atom is -0.480 e. The predicted molar refractivity (Wildman–Crippen MR) is 208 cm³/mol. The number of hydrogen-bond acceptors (Lipinski definition) is 11. The summed E-state index contributed by atoms with van der Waals surface area (Å²) >= 11 is 0. The van der Waals surface area contributed by atoms with Crippen LogP contribution < -0.4 is 37.6 Å². The zero-order chi connectivity index (χ0) is 43.9. The molecule has 0 unspecified atom stereocenters. The molecule has 0 radical (unpaired) electrons. The van der Waals surface area contributed by atoms with E-state index >= 15 is 0 Å². The number of carbonyl (C=O) groups is 8. The number of H-pyrrole nitrogens is 1. The van der Waals surface area contributed by atoms with Crippen LogP contribution in [0.25, 0.3) is 0 Å². The number of aliphatic hydroxyl groups is 1. The van der Waals surface area contributed by atoms with Gasteiger partial charge in [0.2, 0.25) is 41.4 Å². The van der Waals surface area contributed by atoms with E-state index in [-0.39, 0.29) is 12.3 Å². The number of nitrogens with zero attached hydrogens (tertiary/aromatic N) is 2. The van der Waals surface area contributed by atoms with Crippen LogP contribution in [0.5, 0.6) is 0 Å². The number of rotatable bonds is 23. The van der Waals surface area contributed by atoms with Gasteiger partial charge in [0.25, 0.3) is 0 Å². The Morgan fingerprint density at radius 3 is 1.70 bits per heavy atom. The monoisotopic (exact) mass is 808 g/mol. The van der Waals surface area contributed by atoms with Crippen LogP contribution in [-0.4, -0.2) is 134 Å². The molecule has 1 aromatic rings. The van der Waals surface area contributed by atoms with Gasteiger partial charge in [0.05, 0.1) is 25.0 Å². The molecule has 0 aliphatic carbocycles. The lowest BCUT2D eigenvalue weighted by Gasteiger charge is -2.29. The number of nitrogens with two attached hydrogens (primary N) is 1. The lowest BCUT2D eigenvalue weighted by molar-refractivity contribution is -0.144. The van der Waals surface area contributed by atoms with Crippen molar-refractivity contribution >= 4 is 47.3 Å². The molecule has 20 heteroatoms. The quantitative estimate of drug-likeness (QED) is 0.0583. The van der Waals surface area contributed by atoms with Crippen LogP contribution in [0.15, 0.2) is 12.5 Å². The van der Waals surface area contributed by atoms with Crippen molar-refractivity contribution < 1.29 is 48.6 Å². The summed E-state index contributed by atoms with van der Waals surface area (Å²) in [7, 11) is 1.31. The second kappa shape index (κ2) is 23.2. The second-order valence-electron chi connectivity index (χ2n) is 15.5. The SMILES string of the molecule is CC[C@H](C)[C@H](NC(=O)[C@H](Cc1cnc[nH]1)NC(=O)[C@@H](NC(=O)CN(C)C(=O)[C@H](C)NC(=O)[C@@H](NC(=O)[C@@H](NC(=O)[C@@H](N)C(C)C)[C@@H](C)O)C(C)C)C(C)C)C(=O)O. The van der Waals surface area contributed by atoms with Gasteiger partial charge in [0.15, 0.2) is 0 Å². The maximum atomic E-state index is 13.6. The average Bonchev–Trinajstić information content (AvgIpc) is 3.64. The second-order valence-corrected chi connectivity index (χ2v) is 15.5. The maximum absolute atomic E-state index is 13.6. The molecular weight excluding hydrogens is 744 g/mol. The van der Waals surface area contributed by atoms with Gasteiger partial charge >= 0.3 is 5.97 Å². The van der Waals surface area contributed by atoms with Crippen molar-refractivity contribution in [1.29, 1.82) is 0 Å². The van der Waals surface area contributed by atoms with E-state index in [1.807, 2.05) is 0 Å². The number of carbonyl (C=O) groups excluding carboxylic acids is 7. The standard InChI is InChI=1S/C37H64N10O10/c1-12-20(8)29(37(56)57)45-31(50)24(13-23-14-39-16-40-23)42-34(53)27(18(4)5)43-25(49)15-47(11)36(55)21(9)41-33(52)28(19(6)7)44-35(54)30(22(10)48)46-32(51)26(38)17(2)3/h14,16-22,24,26-30,48H,12-13,15,38H2,1-11H3,(H,39,40)(H,41,52)(H,42,53)(H,43,49)(H,44,54)(H,45,50)(H,46,51)(H,56,57)/t20-,21-,22+,24-,26-,27-,28-,29-,30-/m0/s1. The molecule has 0 saturated carbocycles. The van der Waals surface area contributed by atoms with Crippen molar-refractivity contribution in [2.45, 2.75) is 130 Å². The van der Waals surface area contributed by atoms with Crippen LogP contribution in [0.2, 0.25) is 0 Å². The maximum Gasteiger partial charge on any atom is 0.326 e. The molecule has 0 aliphatic rings. The Balaban J connectivity index is 3.01. The molecule has 11 N–H and O–H groups in total. The predicted octanol–water partition coefficient (Wildman–Crippen LogP) is -1.85. The Morgan fingerprint density at radius 2 is 1.23 bits per heavy atom. The number of aliphatic hydroxyl groups excluding tert-OH is 1. The topological polar surface area (TPSA) is 307 Å². The molecule has 0 bridgehead atoms.